The van der Waals surface area contributed by atoms with Crippen LogP contribution >= 0.6 is 0 Å². The molecular weight excluding hydrogens is 270 g/mol. The highest BCUT2D eigenvalue weighted by Crippen LogP contribution is 2.12. The van der Waals surface area contributed by atoms with Crippen LogP contribution in [0.3, 0.4) is 0 Å². The Morgan fingerprint density at radius 1 is 0.682 bits per heavy atom. The van der Waals surface area contributed by atoms with Gasteiger partial charge in [-0.1, -0.05) is 83.8 Å². The molecule has 132 valence electrons. The van der Waals surface area contributed by atoms with E-state index in [1.807, 2.05) is 5.48 Å². The molecule has 22 heavy (non-hydrogen) atoms. The van der Waals surface area contributed by atoms with Gasteiger partial charge in [0.15, 0.2) is 0 Å². The van der Waals surface area contributed by atoms with Crippen LogP contribution in [0.2, 0.25) is 0 Å². The summed E-state index contributed by atoms with van der Waals surface area (Å²) in [6.45, 7) is 5.26. The Bertz CT molecular complexity index is 226. The topological polar surface area (TPSA) is 35.1 Å². The summed E-state index contributed by atoms with van der Waals surface area (Å²) in [5.74, 6) is 0.873. The fraction of sp³-hybridized carbons (Fsp3) is 0.900. The Hall–Kier alpha value is -0.340. The second-order valence-corrected chi connectivity index (χ2v) is 7.01. The van der Waals surface area contributed by atoms with Crippen LogP contribution in [0.15, 0.2) is 12.2 Å². The Kier molecular flexibility index (Phi) is 18.4. The molecule has 2 heteroatoms. The molecule has 1 N–H and O–H groups in total. The van der Waals surface area contributed by atoms with Gasteiger partial charge in [-0.3, -0.25) is 0 Å². The first-order valence-corrected chi connectivity index (χ1v) is 9.77. The number of allylic oxidation sites excluding steroid dienone is 2. The first kappa shape index (κ1) is 21.7. The predicted molar refractivity (Wildman–Crippen MR) is 100.0 cm³/mol. The summed E-state index contributed by atoms with van der Waals surface area (Å²) in [6, 6.07) is 0. The Morgan fingerprint density at radius 3 is 1.64 bits per heavy atom. The number of rotatable bonds is 17. The minimum absolute atomic E-state index is 0.625. The lowest BCUT2D eigenvalue weighted by molar-refractivity contribution is 0.516. The standard InChI is InChI=1S/C20H40NO/c1-20(2)18-16-14-12-10-8-6-4-3-5-7-9-11-13-15-17-19-21-22/h3-4,20-21H,5-19H2,1-2H3/q-1. The van der Waals surface area contributed by atoms with Crippen molar-refractivity contribution < 1.29 is 0 Å². The van der Waals surface area contributed by atoms with Gasteiger partial charge >= 0.3 is 0 Å². The molecule has 0 radical (unpaired) electrons. The van der Waals surface area contributed by atoms with Gasteiger partial charge in [0.1, 0.15) is 0 Å². The molecule has 0 saturated carbocycles. The molecule has 0 bridgehead atoms. The molecule has 0 spiro atoms. The molecule has 0 rings (SSSR count). The van der Waals surface area contributed by atoms with Gasteiger partial charge < -0.3 is 10.7 Å². The first-order valence-electron chi connectivity index (χ1n) is 9.77. The van der Waals surface area contributed by atoms with Gasteiger partial charge in [-0.15, -0.1) is 0 Å². The van der Waals surface area contributed by atoms with Crippen LogP contribution in [0.25, 0.3) is 0 Å². The van der Waals surface area contributed by atoms with Crippen LogP contribution < -0.4 is 5.48 Å². The Morgan fingerprint density at radius 2 is 1.14 bits per heavy atom. The first-order chi connectivity index (χ1) is 10.8. The van der Waals surface area contributed by atoms with Gasteiger partial charge in [0.25, 0.3) is 0 Å². The van der Waals surface area contributed by atoms with E-state index in [9.17, 15) is 5.21 Å². The van der Waals surface area contributed by atoms with Gasteiger partial charge in [-0.05, 0) is 44.6 Å². The average Bonchev–Trinajstić information content (AvgIpc) is 2.50. The lowest BCUT2D eigenvalue weighted by atomic mass is 10.0. The van der Waals surface area contributed by atoms with Crippen molar-refractivity contribution in [3.8, 4) is 0 Å². The lowest BCUT2D eigenvalue weighted by Crippen LogP contribution is -2.04. The van der Waals surface area contributed by atoms with Crippen molar-refractivity contribution in [2.24, 2.45) is 5.92 Å². The molecule has 0 atom stereocenters. The van der Waals surface area contributed by atoms with E-state index in [2.05, 4.69) is 26.0 Å². The van der Waals surface area contributed by atoms with Crippen molar-refractivity contribution in [2.75, 3.05) is 6.54 Å². The van der Waals surface area contributed by atoms with Gasteiger partial charge in [-0.25, -0.2) is 0 Å². The van der Waals surface area contributed by atoms with E-state index >= 15 is 0 Å². The smallest absolute Gasteiger partial charge is 0.0170 e. The molecule has 0 aliphatic carbocycles. The molecule has 0 amide bonds. The summed E-state index contributed by atoms with van der Waals surface area (Å²) in [4.78, 5) is 0. The summed E-state index contributed by atoms with van der Waals surface area (Å²) in [5.41, 5.74) is 1.96. The molecule has 0 unspecified atom stereocenters. The highest BCUT2D eigenvalue weighted by atomic mass is 16.5. The summed E-state index contributed by atoms with van der Waals surface area (Å²) >= 11 is 0. The number of nitrogens with one attached hydrogen (secondary N) is 1. The summed E-state index contributed by atoms with van der Waals surface area (Å²) in [7, 11) is 0. The van der Waals surface area contributed by atoms with E-state index < -0.39 is 0 Å². The van der Waals surface area contributed by atoms with E-state index in [1.54, 1.807) is 0 Å². The zero-order valence-electron chi connectivity index (χ0n) is 15.2. The van der Waals surface area contributed by atoms with Gasteiger partial charge in [0.05, 0.1) is 0 Å². The molecule has 2 nitrogen and oxygen atoms in total. The van der Waals surface area contributed by atoms with Crippen LogP contribution in [0.5, 0.6) is 0 Å². The van der Waals surface area contributed by atoms with Crippen molar-refractivity contribution in [2.45, 2.75) is 104 Å². The molecule has 0 saturated heterocycles. The van der Waals surface area contributed by atoms with Gasteiger partial charge in [-0.2, -0.15) is 0 Å². The summed E-state index contributed by atoms with van der Waals surface area (Å²) < 4.78 is 0. The quantitative estimate of drug-likeness (QED) is 0.183. The van der Waals surface area contributed by atoms with Crippen molar-refractivity contribution in [3.63, 3.8) is 0 Å². The molecule has 0 aromatic rings. The normalized spacial score (nSPS) is 11.8. The zero-order chi connectivity index (χ0) is 16.3. The van der Waals surface area contributed by atoms with Crippen LogP contribution in [0.1, 0.15) is 104 Å². The van der Waals surface area contributed by atoms with Crippen LogP contribution in [-0.2, 0) is 0 Å². The third-order valence-corrected chi connectivity index (χ3v) is 4.22. The molecule has 0 heterocycles. The molecular formula is C20H40NO-. The van der Waals surface area contributed by atoms with Gasteiger partial charge in [0.2, 0.25) is 0 Å². The maximum atomic E-state index is 10.0. The molecule has 0 aliphatic heterocycles. The third kappa shape index (κ3) is 19.7. The average molecular weight is 311 g/mol. The monoisotopic (exact) mass is 310 g/mol. The van der Waals surface area contributed by atoms with Crippen LogP contribution in [0, 0.1) is 11.1 Å². The number of unbranched alkanes of at least 4 members (excludes halogenated alkanes) is 11. The zero-order valence-corrected chi connectivity index (χ0v) is 15.2. The highest BCUT2D eigenvalue weighted by molar-refractivity contribution is 4.81. The van der Waals surface area contributed by atoms with Gasteiger partial charge in [0, 0.05) is 0 Å². The summed E-state index contributed by atoms with van der Waals surface area (Å²) in [6.07, 6.45) is 23.2. The maximum absolute atomic E-state index is 10.0. The minimum atomic E-state index is 0.625. The van der Waals surface area contributed by atoms with Crippen LogP contribution in [-0.4, -0.2) is 6.54 Å². The second kappa shape index (κ2) is 18.7. The summed E-state index contributed by atoms with van der Waals surface area (Å²) in [5, 5.41) is 10.0. The third-order valence-electron chi connectivity index (χ3n) is 4.22. The van der Waals surface area contributed by atoms with E-state index in [-0.39, 0.29) is 0 Å². The van der Waals surface area contributed by atoms with E-state index in [0.717, 1.165) is 12.3 Å². The molecule has 0 aliphatic rings. The fourth-order valence-corrected chi connectivity index (χ4v) is 2.75. The number of hydrogen-bond donors (Lipinski definition) is 1. The SMILES string of the molecule is CC(C)CCCCCCCC=CCCCCCCCCN[O-]. The molecule has 0 fully saturated rings. The Labute approximate surface area is 139 Å². The second-order valence-electron chi connectivity index (χ2n) is 7.01. The van der Waals surface area contributed by atoms with Crippen LogP contribution in [0.4, 0.5) is 0 Å². The van der Waals surface area contributed by atoms with Crippen molar-refractivity contribution >= 4 is 0 Å². The van der Waals surface area contributed by atoms with Crippen molar-refractivity contribution in [3.05, 3.63) is 17.4 Å². The highest BCUT2D eigenvalue weighted by Gasteiger charge is 1.94. The van der Waals surface area contributed by atoms with Crippen molar-refractivity contribution in [1.82, 2.24) is 5.48 Å². The molecule has 0 aromatic heterocycles. The number of hydroxylamine groups is 1. The molecule has 0 aromatic carbocycles. The van der Waals surface area contributed by atoms with Crippen molar-refractivity contribution in [1.29, 1.82) is 0 Å². The Balaban J connectivity index is 3.06. The largest absolute Gasteiger partial charge is 0.788 e. The number of hydrogen-bond acceptors (Lipinski definition) is 2. The minimum Gasteiger partial charge on any atom is -0.788 e. The van der Waals surface area contributed by atoms with E-state index in [4.69, 9.17) is 0 Å². The van der Waals surface area contributed by atoms with E-state index in [0.29, 0.717) is 6.54 Å². The lowest BCUT2D eigenvalue weighted by Gasteiger charge is -2.05. The fourth-order valence-electron chi connectivity index (χ4n) is 2.75. The predicted octanol–water partition coefficient (Wildman–Crippen LogP) is 6.75. The maximum Gasteiger partial charge on any atom is -0.0170 e. The van der Waals surface area contributed by atoms with E-state index in [1.165, 1.54) is 83.5 Å².